The van der Waals surface area contributed by atoms with Crippen LogP contribution >= 0.6 is 11.3 Å². The highest BCUT2D eigenvalue weighted by molar-refractivity contribution is 7.22. The van der Waals surface area contributed by atoms with Crippen molar-refractivity contribution in [2.24, 2.45) is 5.92 Å². The predicted octanol–water partition coefficient (Wildman–Crippen LogP) is 1.86. The van der Waals surface area contributed by atoms with Gasteiger partial charge in [-0.15, -0.1) is 11.3 Å². The van der Waals surface area contributed by atoms with Crippen LogP contribution in [0.25, 0.3) is 10.3 Å². The lowest BCUT2D eigenvalue weighted by molar-refractivity contribution is -0.136. The van der Waals surface area contributed by atoms with Gasteiger partial charge in [0.15, 0.2) is 5.58 Å². The molecule has 2 aromatic rings. The summed E-state index contributed by atoms with van der Waals surface area (Å²) in [7, 11) is 3.69. The SMILES string of the molecule is CN1CCCC(CN(C)c2cc3oc(=O)c(C(=O)O)cc3s2)C1=O. The summed E-state index contributed by atoms with van der Waals surface area (Å²) in [6.07, 6.45) is 1.85. The number of hydrogen-bond acceptors (Lipinski definition) is 6. The normalized spacial score (nSPS) is 18.2. The zero-order chi connectivity index (χ0) is 17.4. The van der Waals surface area contributed by atoms with Crippen molar-refractivity contribution in [3.63, 3.8) is 0 Å². The van der Waals surface area contributed by atoms with Crippen molar-refractivity contribution in [3.8, 4) is 0 Å². The summed E-state index contributed by atoms with van der Waals surface area (Å²) in [5, 5.41) is 9.83. The van der Waals surface area contributed by atoms with E-state index in [1.807, 2.05) is 19.0 Å². The average molecular weight is 350 g/mol. The number of thiophene rings is 1. The van der Waals surface area contributed by atoms with Gasteiger partial charge < -0.3 is 19.3 Å². The molecule has 0 radical (unpaired) electrons. The maximum atomic E-state index is 12.2. The van der Waals surface area contributed by atoms with Crippen LogP contribution in [0, 0.1) is 5.92 Å². The largest absolute Gasteiger partial charge is 0.477 e. The number of anilines is 1. The van der Waals surface area contributed by atoms with Gasteiger partial charge in [-0.2, -0.15) is 0 Å². The van der Waals surface area contributed by atoms with E-state index in [9.17, 15) is 14.4 Å². The Morgan fingerprint density at radius 2 is 2.21 bits per heavy atom. The summed E-state index contributed by atoms with van der Waals surface area (Å²) in [6.45, 7) is 1.37. The number of rotatable bonds is 4. The number of fused-ring (bicyclic) bond motifs is 1. The molecular weight excluding hydrogens is 332 g/mol. The monoisotopic (exact) mass is 350 g/mol. The molecule has 3 heterocycles. The average Bonchev–Trinajstić information content (AvgIpc) is 2.93. The van der Waals surface area contributed by atoms with Crippen LogP contribution in [0.5, 0.6) is 0 Å². The summed E-state index contributed by atoms with van der Waals surface area (Å²) in [4.78, 5) is 38.6. The quantitative estimate of drug-likeness (QED) is 0.905. The van der Waals surface area contributed by atoms with Gasteiger partial charge in [0.25, 0.3) is 0 Å². The molecule has 1 atom stereocenters. The van der Waals surface area contributed by atoms with Crippen molar-refractivity contribution in [1.29, 1.82) is 0 Å². The molecule has 128 valence electrons. The number of nitrogens with zero attached hydrogens (tertiary/aromatic N) is 2. The van der Waals surface area contributed by atoms with E-state index in [1.54, 1.807) is 11.0 Å². The molecule has 1 saturated heterocycles. The van der Waals surface area contributed by atoms with E-state index in [0.717, 1.165) is 24.4 Å². The lowest BCUT2D eigenvalue weighted by atomic mass is 9.97. The first-order valence-corrected chi connectivity index (χ1v) is 8.45. The topological polar surface area (TPSA) is 91.1 Å². The Morgan fingerprint density at radius 1 is 1.46 bits per heavy atom. The molecule has 3 rings (SSSR count). The molecule has 1 aliphatic heterocycles. The van der Waals surface area contributed by atoms with Crippen LogP contribution in [0.15, 0.2) is 21.3 Å². The van der Waals surface area contributed by atoms with Gasteiger partial charge in [0.2, 0.25) is 5.91 Å². The summed E-state index contributed by atoms with van der Waals surface area (Å²) < 4.78 is 5.68. The third kappa shape index (κ3) is 3.01. The minimum Gasteiger partial charge on any atom is -0.477 e. The van der Waals surface area contributed by atoms with Crippen molar-refractivity contribution in [1.82, 2.24) is 4.90 Å². The van der Waals surface area contributed by atoms with Crippen LogP contribution in [-0.4, -0.2) is 49.1 Å². The van der Waals surface area contributed by atoms with Gasteiger partial charge in [0.05, 0.1) is 15.6 Å². The Labute approximate surface area is 142 Å². The van der Waals surface area contributed by atoms with Gasteiger partial charge in [-0.3, -0.25) is 4.79 Å². The van der Waals surface area contributed by atoms with Crippen LogP contribution < -0.4 is 10.5 Å². The zero-order valence-electron chi connectivity index (χ0n) is 13.4. The van der Waals surface area contributed by atoms with E-state index in [0.29, 0.717) is 16.8 Å². The fraction of sp³-hybridized carbons (Fsp3) is 0.438. The third-order valence-corrected chi connectivity index (χ3v) is 5.46. The molecular formula is C16H18N2O5S. The molecule has 8 heteroatoms. The Balaban J connectivity index is 1.85. The number of hydrogen-bond donors (Lipinski definition) is 1. The molecule has 7 nitrogen and oxygen atoms in total. The van der Waals surface area contributed by atoms with Crippen molar-refractivity contribution in [2.45, 2.75) is 12.8 Å². The number of aromatic carboxylic acids is 1. The van der Waals surface area contributed by atoms with Crippen LogP contribution in [0.2, 0.25) is 0 Å². The number of carbonyl (C=O) groups excluding carboxylic acids is 1. The summed E-state index contributed by atoms with van der Waals surface area (Å²) >= 11 is 1.34. The van der Waals surface area contributed by atoms with Gasteiger partial charge in [-0.25, -0.2) is 9.59 Å². The lowest BCUT2D eigenvalue weighted by Crippen LogP contribution is -2.42. The minimum atomic E-state index is -1.30. The van der Waals surface area contributed by atoms with Crippen molar-refractivity contribution < 1.29 is 19.1 Å². The van der Waals surface area contributed by atoms with E-state index >= 15 is 0 Å². The molecule has 0 spiro atoms. The van der Waals surface area contributed by atoms with Crippen LogP contribution in [-0.2, 0) is 4.79 Å². The second-order valence-electron chi connectivity index (χ2n) is 6.05. The lowest BCUT2D eigenvalue weighted by Gasteiger charge is -2.31. The molecule has 1 N–H and O–H groups in total. The fourth-order valence-corrected chi connectivity index (χ4v) is 3.95. The van der Waals surface area contributed by atoms with Gasteiger partial charge >= 0.3 is 11.6 Å². The molecule has 0 aromatic carbocycles. The Bertz CT molecular complexity index is 856. The van der Waals surface area contributed by atoms with Gasteiger partial charge in [0.1, 0.15) is 5.56 Å². The van der Waals surface area contributed by atoms with Crippen LogP contribution in [0.1, 0.15) is 23.2 Å². The zero-order valence-corrected chi connectivity index (χ0v) is 14.3. The molecule has 24 heavy (non-hydrogen) atoms. The van der Waals surface area contributed by atoms with E-state index < -0.39 is 11.6 Å². The molecule has 0 bridgehead atoms. The van der Waals surface area contributed by atoms with E-state index in [-0.39, 0.29) is 17.4 Å². The smallest absolute Gasteiger partial charge is 0.351 e. The highest BCUT2D eigenvalue weighted by atomic mass is 32.1. The minimum absolute atomic E-state index is 0.0550. The molecule has 1 fully saturated rings. The number of carboxylic acids is 1. The second-order valence-corrected chi connectivity index (χ2v) is 7.11. The summed E-state index contributed by atoms with van der Waals surface area (Å²) in [5.41, 5.74) is -0.863. The predicted molar refractivity (Wildman–Crippen MR) is 91.0 cm³/mol. The summed E-state index contributed by atoms with van der Waals surface area (Å²) in [6, 6.07) is 3.05. The molecule has 1 aliphatic rings. The number of carbonyl (C=O) groups is 2. The van der Waals surface area contributed by atoms with Gasteiger partial charge in [-0.1, -0.05) is 0 Å². The standard InChI is InChI=1S/C16H18N2O5S/c1-17-5-3-4-9(14(17)19)8-18(2)13-7-11-12(24-13)6-10(15(20)21)16(22)23-11/h6-7,9H,3-5,8H2,1-2H3,(H,20,21). The number of amides is 1. The number of likely N-dealkylation sites (tertiary alicyclic amines) is 1. The van der Waals surface area contributed by atoms with E-state index in [2.05, 4.69) is 0 Å². The molecule has 0 saturated carbocycles. The Kier molecular flexibility index (Phi) is 4.31. The Morgan fingerprint density at radius 3 is 2.92 bits per heavy atom. The highest BCUT2D eigenvalue weighted by Gasteiger charge is 2.27. The first-order valence-electron chi connectivity index (χ1n) is 7.64. The van der Waals surface area contributed by atoms with E-state index in [1.165, 1.54) is 17.4 Å². The second kappa shape index (κ2) is 6.27. The fourth-order valence-electron chi connectivity index (χ4n) is 2.95. The van der Waals surface area contributed by atoms with Gasteiger partial charge in [0, 0.05) is 33.3 Å². The molecule has 1 amide bonds. The maximum absolute atomic E-state index is 12.2. The third-order valence-electron chi connectivity index (χ3n) is 4.28. The maximum Gasteiger partial charge on any atom is 0.351 e. The molecule has 2 aromatic heterocycles. The number of carboxylic acid groups (broad SMARTS) is 1. The first-order chi connectivity index (χ1) is 11.4. The molecule has 0 aliphatic carbocycles. The molecule has 1 unspecified atom stereocenters. The first kappa shape index (κ1) is 16.5. The highest BCUT2D eigenvalue weighted by Crippen LogP contribution is 2.32. The van der Waals surface area contributed by atoms with Crippen molar-refractivity contribution >= 4 is 38.5 Å². The van der Waals surface area contributed by atoms with Crippen molar-refractivity contribution in [2.75, 3.05) is 32.1 Å². The van der Waals surface area contributed by atoms with Crippen LogP contribution in [0.3, 0.4) is 0 Å². The Hall–Kier alpha value is -2.35. The van der Waals surface area contributed by atoms with Crippen LogP contribution in [0.4, 0.5) is 5.00 Å². The van der Waals surface area contributed by atoms with Crippen molar-refractivity contribution in [3.05, 3.63) is 28.1 Å². The van der Waals surface area contributed by atoms with E-state index in [4.69, 9.17) is 9.52 Å². The van der Waals surface area contributed by atoms with Gasteiger partial charge in [-0.05, 0) is 18.9 Å². The summed E-state index contributed by atoms with van der Waals surface area (Å²) in [5.74, 6) is -1.21. The number of piperidine rings is 1.